The maximum Gasteiger partial charge on any atom is 0.462 e. The van der Waals surface area contributed by atoms with Crippen LogP contribution in [0.15, 0.2) is 23.3 Å². The summed E-state index contributed by atoms with van der Waals surface area (Å²) in [4.78, 5) is 0. The molecule has 1 aromatic rings. The Kier molecular flexibility index (Phi) is 6.14. The van der Waals surface area contributed by atoms with Crippen LogP contribution in [0.5, 0.6) is 11.5 Å². The van der Waals surface area contributed by atoms with Crippen LogP contribution in [-0.2, 0) is 0 Å². The van der Waals surface area contributed by atoms with E-state index in [1.165, 1.54) is 25.3 Å². The maximum absolute atomic E-state index is 13.1. The fourth-order valence-electron chi connectivity index (χ4n) is 1.59. The van der Waals surface area contributed by atoms with E-state index < -0.39 is 18.1 Å². The number of hydrogen-bond acceptors (Lipinski definition) is 4. The van der Waals surface area contributed by atoms with Crippen molar-refractivity contribution >= 4 is 6.21 Å². The smallest absolute Gasteiger partial charge is 0.462 e. The van der Waals surface area contributed by atoms with E-state index in [-0.39, 0.29) is 23.2 Å². The number of hydrogen-bond donors (Lipinski definition) is 1. The number of nitrogens with zero attached hydrogens (tertiary/aromatic N) is 1. The highest BCUT2D eigenvalue weighted by Crippen LogP contribution is 2.45. The van der Waals surface area contributed by atoms with Crippen molar-refractivity contribution in [3.63, 3.8) is 0 Å². The van der Waals surface area contributed by atoms with Crippen molar-refractivity contribution in [2.24, 2.45) is 5.10 Å². The van der Waals surface area contributed by atoms with E-state index in [0.29, 0.717) is 11.6 Å². The van der Waals surface area contributed by atoms with Gasteiger partial charge in [0, 0.05) is 5.56 Å². The van der Waals surface area contributed by atoms with Crippen LogP contribution >= 0.6 is 0 Å². The van der Waals surface area contributed by atoms with Gasteiger partial charge in [-0.15, -0.1) is 0 Å². The Bertz CT molecular complexity index is 616. The molecule has 0 aliphatic rings. The molecule has 0 heterocycles. The number of halogens is 7. The second-order valence-electron chi connectivity index (χ2n) is 5.06. The van der Waals surface area contributed by atoms with E-state index in [4.69, 9.17) is 9.47 Å². The van der Waals surface area contributed by atoms with Gasteiger partial charge in [0.15, 0.2) is 11.5 Å². The van der Waals surface area contributed by atoms with Crippen LogP contribution in [0.25, 0.3) is 0 Å². The molecule has 1 aromatic carbocycles. The summed E-state index contributed by atoms with van der Waals surface area (Å²) in [5.41, 5.74) is 0.576. The lowest BCUT2D eigenvalue weighted by atomic mass is 10.2. The minimum atomic E-state index is -6.44. The number of benzene rings is 1. The molecule has 0 bridgehead atoms. The molecular weight excluding hydrogens is 361 g/mol. The van der Waals surface area contributed by atoms with Crippen molar-refractivity contribution in [1.29, 1.82) is 0 Å². The van der Waals surface area contributed by atoms with E-state index in [2.05, 4.69) is 5.10 Å². The molecular formula is C14H15F7N2O2. The van der Waals surface area contributed by atoms with Crippen molar-refractivity contribution in [3.05, 3.63) is 23.8 Å². The lowest BCUT2D eigenvalue weighted by Gasteiger charge is -2.27. The minimum absolute atomic E-state index is 0.0340. The molecule has 0 aliphatic heterocycles. The van der Waals surface area contributed by atoms with Gasteiger partial charge in [-0.3, -0.25) is 0 Å². The Balaban J connectivity index is 3.07. The molecule has 0 fully saturated rings. The molecule has 1 N–H and O–H groups in total. The predicted molar refractivity (Wildman–Crippen MR) is 75.4 cm³/mol. The lowest BCUT2D eigenvalue weighted by Crippen LogP contribution is -2.58. The highest BCUT2D eigenvalue weighted by Gasteiger charge is 2.73. The van der Waals surface area contributed by atoms with E-state index in [1.807, 2.05) is 0 Å². The molecule has 25 heavy (non-hydrogen) atoms. The van der Waals surface area contributed by atoms with Gasteiger partial charge in [0.25, 0.3) is 0 Å². The highest BCUT2D eigenvalue weighted by molar-refractivity contribution is 5.85. The summed E-state index contributed by atoms with van der Waals surface area (Å²) in [6.07, 6.45) is -6.17. The minimum Gasteiger partial charge on any atom is -0.493 e. The van der Waals surface area contributed by atoms with E-state index in [9.17, 15) is 30.7 Å². The zero-order chi connectivity index (χ0) is 19.5. The van der Waals surface area contributed by atoms with Crippen molar-refractivity contribution in [1.82, 2.24) is 5.43 Å². The summed E-state index contributed by atoms with van der Waals surface area (Å²) in [7, 11) is 1.31. The first kappa shape index (κ1) is 20.8. The molecule has 0 saturated heterocycles. The van der Waals surface area contributed by atoms with Crippen LogP contribution in [0.4, 0.5) is 30.7 Å². The monoisotopic (exact) mass is 376 g/mol. The highest BCUT2D eigenvalue weighted by atomic mass is 19.4. The summed E-state index contributed by atoms with van der Waals surface area (Å²) in [6, 6.07) is -1.41. The second-order valence-corrected chi connectivity index (χ2v) is 5.06. The van der Waals surface area contributed by atoms with Crippen LogP contribution in [0.3, 0.4) is 0 Å². The van der Waals surface area contributed by atoms with E-state index in [0.717, 1.165) is 0 Å². The molecule has 0 unspecified atom stereocenters. The summed E-state index contributed by atoms with van der Waals surface area (Å²) in [5.74, 6) is -6.04. The van der Waals surface area contributed by atoms with Gasteiger partial charge < -0.3 is 9.47 Å². The number of ether oxygens (including phenoxy) is 2. The van der Waals surface area contributed by atoms with Crippen molar-refractivity contribution < 1.29 is 40.2 Å². The summed E-state index contributed by atoms with van der Waals surface area (Å²) >= 11 is 0. The molecule has 11 heteroatoms. The third-order valence-electron chi connectivity index (χ3n) is 2.74. The Hall–Kier alpha value is -2.20. The summed E-state index contributed by atoms with van der Waals surface area (Å²) in [5, 5.41) is 2.80. The Labute approximate surface area is 138 Å². The molecule has 142 valence electrons. The molecule has 0 radical (unpaired) electrons. The maximum atomic E-state index is 13.1. The average molecular weight is 376 g/mol. The van der Waals surface area contributed by atoms with E-state index >= 15 is 0 Å². The third-order valence-corrected chi connectivity index (χ3v) is 2.74. The zero-order valence-corrected chi connectivity index (χ0v) is 13.3. The van der Waals surface area contributed by atoms with Gasteiger partial charge in [0.2, 0.25) is 0 Å². The van der Waals surface area contributed by atoms with Crippen molar-refractivity contribution in [2.45, 2.75) is 38.1 Å². The molecule has 0 aliphatic carbocycles. The number of alkyl halides is 7. The van der Waals surface area contributed by atoms with Gasteiger partial charge in [-0.1, -0.05) is 6.07 Å². The molecule has 1 rings (SSSR count). The zero-order valence-electron chi connectivity index (χ0n) is 13.3. The van der Waals surface area contributed by atoms with Crippen LogP contribution in [0.2, 0.25) is 0 Å². The predicted octanol–water partition coefficient (Wildman–Crippen LogP) is 4.20. The van der Waals surface area contributed by atoms with Gasteiger partial charge in [-0.2, -0.15) is 35.8 Å². The van der Waals surface area contributed by atoms with Crippen molar-refractivity contribution in [2.75, 3.05) is 7.11 Å². The third kappa shape index (κ3) is 4.67. The molecule has 0 spiro atoms. The molecule has 0 atom stereocenters. The fourth-order valence-corrected chi connectivity index (χ4v) is 1.59. The van der Waals surface area contributed by atoms with E-state index in [1.54, 1.807) is 13.8 Å². The van der Waals surface area contributed by atoms with Gasteiger partial charge in [-0.05, 0) is 26.0 Å². The van der Waals surface area contributed by atoms with Gasteiger partial charge in [0.05, 0.1) is 19.4 Å². The lowest BCUT2D eigenvalue weighted by molar-refractivity contribution is -0.361. The summed E-state index contributed by atoms with van der Waals surface area (Å²) < 4.78 is 98.2. The van der Waals surface area contributed by atoms with Gasteiger partial charge in [-0.25, -0.2) is 5.43 Å². The Morgan fingerprint density at radius 1 is 1.08 bits per heavy atom. The normalized spacial score (nSPS) is 13.4. The SMILES string of the molecule is COc1cccc(/C=N\NC(F)(F)C(F)(F)C(F)(F)F)c1OC(C)C. The van der Waals surface area contributed by atoms with Crippen LogP contribution in [0.1, 0.15) is 19.4 Å². The van der Waals surface area contributed by atoms with Crippen LogP contribution in [0, 0.1) is 0 Å². The Morgan fingerprint density at radius 3 is 2.16 bits per heavy atom. The number of rotatable bonds is 7. The first-order valence-corrected chi connectivity index (χ1v) is 6.79. The van der Waals surface area contributed by atoms with Crippen LogP contribution in [-0.4, -0.2) is 37.6 Å². The van der Waals surface area contributed by atoms with Gasteiger partial charge in [0.1, 0.15) is 0 Å². The molecule has 0 aromatic heterocycles. The fraction of sp³-hybridized carbons (Fsp3) is 0.500. The number of nitrogens with one attached hydrogen (secondary N) is 1. The topological polar surface area (TPSA) is 42.8 Å². The number of para-hydroxylation sites is 1. The number of methoxy groups -OCH3 is 1. The largest absolute Gasteiger partial charge is 0.493 e. The van der Waals surface area contributed by atoms with Crippen molar-refractivity contribution in [3.8, 4) is 11.5 Å². The average Bonchev–Trinajstić information content (AvgIpc) is 2.46. The first-order valence-electron chi connectivity index (χ1n) is 6.79. The molecule has 4 nitrogen and oxygen atoms in total. The van der Waals surface area contributed by atoms with Crippen LogP contribution < -0.4 is 14.9 Å². The summed E-state index contributed by atoms with van der Waals surface area (Å²) in [6.45, 7) is 3.31. The Morgan fingerprint density at radius 2 is 1.68 bits per heavy atom. The first-order chi connectivity index (χ1) is 11.3. The standard InChI is InChI=1S/C14H15F7N2O2/c1-8(2)25-11-9(5-4-6-10(11)24-3)7-22-23-14(20,21)12(15,16)13(17,18)19/h4-8,23H,1-3H3/b22-7-. The molecule has 0 amide bonds. The molecule has 0 saturated carbocycles. The van der Waals surface area contributed by atoms with Gasteiger partial charge >= 0.3 is 18.1 Å². The quantitative estimate of drug-likeness (QED) is 0.336. The second kappa shape index (κ2) is 7.36. The number of hydrazone groups is 1.